The van der Waals surface area contributed by atoms with Crippen LogP contribution in [-0.4, -0.2) is 38.1 Å². The Bertz CT molecular complexity index is 1100. The molecule has 1 atom stereocenters. The second-order valence-corrected chi connectivity index (χ2v) is 7.20. The minimum Gasteiger partial charge on any atom is -0.497 e. The lowest BCUT2D eigenvalue weighted by Crippen LogP contribution is -2.50. The van der Waals surface area contributed by atoms with Gasteiger partial charge in [-0.3, -0.25) is 14.5 Å². The lowest BCUT2D eigenvalue weighted by atomic mass is 10.1. The molecular weight excluding hydrogens is 384 g/mol. The van der Waals surface area contributed by atoms with Gasteiger partial charge in [-0.2, -0.15) is 0 Å². The SMILES string of the molecule is CCCNC(=O)[C@H]1CN(C(=O)c2oc3ccc(OC)cc3c2C)c2ccccc2O1. The van der Waals surface area contributed by atoms with Crippen LogP contribution in [0.15, 0.2) is 46.9 Å². The predicted octanol–water partition coefficient (Wildman–Crippen LogP) is 3.68. The average Bonchev–Trinajstić information content (AvgIpc) is 3.11. The number of amides is 2. The number of hydrogen-bond donors (Lipinski definition) is 1. The number of carbonyl (C=O) groups excluding carboxylic acids is 2. The van der Waals surface area contributed by atoms with Gasteiger partial charge in [0, 0.05) is 17.5 Å². The fraction of sp³-hybridized carbons (Fsp3) is 0.304. The summed E-state index contributed by atoms with van der Waals surface area (Å²) < 4.78 is 17.1. The first-order valence-corrected chi connectivity index (χ1v) is 9.96. The van der Waals surface area contributed by atoms with Crippen molar-refractivity contribution in [3.05, 3.63) is 53.8 Å². The van der Waals surface area contributed by atoms with E-state index in [-0.39, 0.29) is 24.1 Å². The Hall–Kier alpha value is -3.48. The standard InChI is InChI=1S/C23H24N2O5/c1-4-11-24-22(26)20-13-25(17-7-5-6-8-19(17)29-20)23(27)21-14(2)16-12-15(28-3)9-10-18(16)30-21/h5-10,12,20H,4,11,13H2,1-3H3,(H,24,26)/t20-/m1/s1. The Kier molecular flexibility index (Phi) is 5.35. The number of nitrogens with one attached hydrogen (secondary N) is 1. The summed E-state index contributed by atoms with van der Waals surface area (Å²) in [7, 11) is 1.59. The number of methoxy groups -OCH3 is 1. The number of benzene rings is 2. The summed E-state index contributed by atoms with van der Waals surface area (Å²) in [6, 6.07) is 12.6. The summed E-state index contributed by atoms with van der Waals surface area (Å²) in [5, 5.41) is 3.65. The summed E-state index contributed by atoms with van der Waals surface area (Å²) in [4.78, 5) is 27.6. The average molecular weight is 408 g/mol. The number of rotatable bonds is 5. The molecule has 3 aromatic rings. The Balaban J connectivity index is 1.71. The maximum Gasteiger partial charge on any atom is 0.294 e. The molecule has 0 fully saturated rings. The highest BCUT2D eigenvalue weighted by molar-refractivity contribution is 6.09. The highest BCUT2D eigenvalue weighted by Gasteiger charge is 2.36. The van der Waals surface area contributed by atoms with E-state index in [1.54, 1.807) is 36.3 Å². The molecule has 1 aromatic heterocycles. The molecule has 1 aliphatic heterocycles. The minimum absolute atomic E-state index is 0.102. The van der Waals surface area contributed by atoms with Gasteiger partial charge < -0.3 is 19.2 Å². The van der Waals surface area contributed by atoms with Crippen LogP contribution >= 0.6 is 0 Å². The predicted molar refractivity (Wildman–Crippen MR) is 113 cm³/mol. The van der Waals surface area contributed by atoms with Crippen LogP contribution in [-0.2, 0) is 4.79 Å². The molecular formula is C23H24N2O5. The molecule has 0 unspecified atom stereocenters. The third-order valence-corrected chi connectivity index (χ3v) is 5.20. The van der Waals surface area contributed by atoms with Crippen molar-refractivity contribution in [1.82, 2.24) is 5.32 Å². The Morgan fingerprint density at radius 3 is 2.80 bits per heavy atom. The van der Waals surface area contributed by atoms with E-state index in [1.807, 2.05) is 32.0 Å². The number of nitrogens with zero attached hydrogens (tertiary/aromatic N) is 1. The second-order valence-electron chi connectivity index (χ2n) is 7.20. The van der Waals surface area contributed by atoms with Gasteiger partial charge in [0.25, 0.3) is 11.8 Å². The minimum atomic E-state index is -0.792. The molecule has 1 aliphatic rings. The van der Waals surface area contributed by atoms with Gasteiger partial charge in [0.05, 0.1) is 19.3 Å². The molecule has 4 rings (SSSR count). The molecule has 7 heteroatoms. The summed E-state index contributed by atoms with van der Waals surface area (Å²) >= 11 is 0. The third-order valence-electron chi connectivity index (χ3n) is 5.20. The van der Waals surface area contributed by atoms with Crippen LogP contribution < -0.4 is 19.7 Å². The van der Waals surface area contributed by atoms with E-state index in [0.29, 0.717) is 29.3 Å². The molecule has 7 nitrogen and oxygen atoms in total. The van der Waals surface area contributed by atoms with Crippen LogP contribution in [0.25, 0.3) is 11.0 Å². The fourth-order valence-electron chi connectivity index (χ4n) is 3.58. The third kappa shape index (κ3) is 3.47. The topological polar surface area (TPSA) is 81.0 Å². The van der Waals surface area contributed by atoms with Gasteiger partial charge in [0.1, 0.15) is 17.1 Å². The van der Waals surface area contributed by atoms with Crippen molar-refractivity contribution in [3.8, 4) is 11.5 Å². The molecule has 0 aliphatic carbocycles. The van der Waals surface area contributed by atoms with Crippen molar-refractivity contribution in [2.24, 2.45) is 0 Å². The number of ether oxygens (including phenoxy) is 2. The van der Waals surface area contributed by atoms with Crippen LogP contribution in [0, 0.1) is 6.92 Å². The molecule has 2 amide bonds. The molecule has 0 saturated carbocycles. The molecule has 0 bridgehead atoms. The Labute approximate surface area is 174 Å². The molecule has 0 radical (unpaired) electrons. The second kappa shape index (κ2) is 8.10. The van der Waals surface area contributed by atoms with Gasteiger partial charge in [0.15, 0.2) is 11.9 Å². The van der Waals surface area contributed by atoms with E-state index < -0.39 is 6.10 Å². The number of hydrogen-bond acceptors (Lipinski definition) is 5. The lowest BCUT2D eigenvalue weighted by molar-refractivity contribution is -0.127. The van der Waals surface area contributed by atoms with Gasteiger partial charge in [-0.1, -0.05) is 19.1 Å². The Morgan fingerprint density at radius 1 is 1.23 bits per heavy atom. The highest BCUT2D eigenvalue weighted by Crippen LogP contribution is 2.36. The molecule has 1 N–H and O–H groups in total. The zero-order valence-corrected chi connectivity index (χ0v) is 17.2. The maximum absolute atomic E-state index is 13.5. The summed E-state index contributed by atoms with van der Waals surface area (Å²) in [5.41, 5.74) is 1.94. The van der Waals surface area contributed by atoms with Gasteiger partial charge in [-0.25, -0.2) is 0 Å². The zero-order chi connectivity index (χ0) is 21.3. The molecule has 30 heavy (non-hydrogen) atoms. The number of fused-ring (bicyclic) bond motifs is 2. The lowest BCUT2D eigenvalue weighted by Gasteiger charge is -2.33. The van der Waals surface area contributed by atoms with Crippen molar-refractivity contribution in [3.63, 3.8) is 0 Å². The first-order chi connectivity index (χ1) is 14.5. The van der Waals surface area contributed by atoms with Crippen molar-refractivity contribution in [1.29, 1.82) is 0 Å². The van der Waals surface area contributed by atoms with Crippen molar-refractivity contribution >= 4 is 28.5 Å². The van der Waals surface area contributed by atoms with E-state index in [1.165, 1.54) is 0 Å². The highest BCUT2D eigenvalue weighted by atomic mass is 16.5. The number of carbonyl (C=O) groups is 2. The number of anilines is 1. The van der Waals surface area contributed by atoms with E-state index in [0.717, 1.165) is 17.4 Å². The smallest absolute Gasteiger partial charge is 0.294 e. The molecule has 0 saturated heterocycles. The van der Waals surface area contributed by atoms with E-state index in [2.05, 4.69) is 5.32 Å². The van der Waals surface area contributed by atoms with Gasteiger partial charge >= 0.3 is 0 Å². The van der Waals surface area contributed by atoms with Crippen LogP contribution in [0.5, 0.6) is 11.5 Å². The normalized spacial score (nSPS) is 15.4. The monoisotopic (exact) mass is 408 g/mol. The number of para-hydroxylation sites is 2. The molecule has 156 valence electrons. The molecule has 2 aromatic carbocycles. The van der Waals surface area contributed by atoms with Crippen molar-refractivity contribution < 1.29 is 23.5 Å². The summed E-state index contributed by atoms with van der Waals surface area (Å²) in [6.45, 7) is 4.48. The van der Waals surface area contributed by atoms with E-state index >= 15 is 0 Å². The number of aryl methyl sites for hydroxylation is 1. The maximum atomic E-state index is 13.5. The van der Waals surface area contributed by atoms with Gasteiger partial charge in [-0.15, -0.1) is 0 Å². The zero-order valence-electron chi connectivity index (χ0n) is 17.2. The fourth-order valence-corrected chi connectivity index (χ4v) is 3.58. The van der Waals surface area contributed by atoms with Gasteiger partial charge in [-0.05, 0) is 43.7 Å². The summed E-state index contributed by atoms with van der Waals surface area (Å²) in [5.74, 6) is 0.864. The molecule has 0 spiro atoms. The number of furan rings is 1. The first kappa shape index (κ1) is 19.8. The van der Waals surface area contributed by atoms with E-state index in [9.17, 15) is 9.59 Å². The quantitative estimate of drug-likeness (QED) is 0.697. The summed E-state index contributed by atoms with van der Waals surface area (Å²) in [6.07, 6.45) is 0.0273. The van der Waals surface area contributed by atoms with Crippen molar-refractivity contribution in [2.45, 2.75) is 26.4 Å². The van der Waals surface area contributed by atoms with Crippen LogP contribution in [0.2, 0.25) is 0 Å². The van der Waals surface area contributed by atoms with E-state index in [4.69, 9.17) is 13.9 Å². The molecule has 2 heterocycles. The Morgan fingerprint density at radius 2 is 2.03 bits per heavy atom. The van der Waals surface area contributed by atoms with Crippen LogP contribution in [0.4, 0.5) is 5.69 Å². The van der Waals surface area contributed by atoms with Gasteiger partial charge in [0.2, 0.25) is 0 Å². The largest absolute Gasteiger partial charge is 0.497 e. The van der Waals surface area contributed by atoms with Crippen LogP contribution in [0.1, 0.15) is 29.5 Å². The van der Waals surface area contributed by atoms with Crippen LogP contribution in [0.3, 0.4) is 0 Å². The van der Waals surface area contributed by atoms with Crippen molar-refractivity contribution in [2.75, 3.05) is 25.1 Å². The first-order valence-electron chi connectivity index (χ1n) is 9.96.